The van der Waals surface area contributed by atoms with Crippen molar-refractivity contribution >= 4 is 5.97 Å². The van der Waals surface area contributed by atoms with Crippen LogP contribution in [0, 0.1) is 6.92 Å². The van der Waals surface area contributed by atoms with E-state index in [1.165, 1.54) is 7.11 Å². The van der Waals surface area contributed by atoms with Gasteiger partial charge in [0.15, 0.2) is 6.29 Å². The van der Waals surface area contributed by atoms with E-state index in [2.05, 4.69) is 0 Å². The predicted molar refractivity (Wildman–Crippen MR) is 69.1 cm³/mol. The standard InChI is InChI=1S/C14H18O6/c1-8-3-5-9(6-4-8)13(17)19-7-10-11(15)12(16)14(18-2)20-10/h3-6,10-12,14-16H,7H2,1-2H3/t10-,11+,12-,14-/m1/s1. The lowest BCUT2D eigenvalue weighted by atomic mass is 10.1. The molecule has 0 saturated carbocycles. The first-order valence-electron chi connectivity index (χ1n) is 6.31. The van der Waals surface area contributed by atoms with Gasteiger partial charge in [-0.15, -0.1) is 0 Å². The monoisotopic (exact) mass is 282 g/mol. The van der Waals surface area contributed by atoms with Gasteiger partial charge in [-0.05, 0) is 19.1 Å². The molecule has 1 fully saturated rings. The van der Waals surface area contributed by atoms with Crippen molar-refractivity contribution in [2.45, 2.75) is 31.5 Å². The number of esters is 1. The highest BCUT2D eigenvalue weighted by Gasteiger charge is 2.43. The van der Waals surface area contributed by atoms with E-state index in [0.717, 1.165) is 5.56 Å². The number of carbonyl (C=O) groups is 1. The van der Waals surface area contributed by atoms with Crippen molar-refractivity contribution in [3.05, 3.63) is 35.4 Å². The molecule has 1 aliphatic rings. The van der Waals surface area contributed by atoms with Gasteiger partial charge in [-0.2, -0.15) is 0 Å². The van der Waals surface area contributed by atoms with E-state index in [1.54, 1.807) is 12.1 Å². The fourth-order valence-corrected chi connectivity index (χ4v) is 1.98. The average Bonchev–Trinajstić information content (AvgIpc) is 2.73. The lowest BCUT2D eigenvalue weighted by Gasteiger charge is -2.14. The van der Waals surface area contributed by atoms with Crippen LogP contribution < -0.4 is 0 Å². The molecule has 0 unspecified atom stereocenters. The summed E-state index contributed by atoms with van der Waals surface area (Å²) in [5, 5.41) is 19.3. The lowest BCUT2D eigenvalue weighted by molar-refractivity contribution is -0.153. The molecule has 0 spiro atoms. The minimum Gasteiger partial charge on any atom is -0.459 e. The van der Waals surface area contributed by atoms with Gasteiger partial charge >= 0.3 is 5.97 Å². The van der Waals surface area contributed by atoms with Gasteiger partial charge in [-0.3, -0.25) is 0 Å². The van der Waals surface area contributed by atoms with Crippen LogP contribution in [0.3, 0.4) is 0 Å². The summed E-state index contributed by atoms with van der Waals surface area (Å²) in [5.41, 5.74) is 1.47. The molecular weight excluding hydrogens is 264 g/mol. The Bertz CT molecular complexity index is 457. The first kappa shape index (κ1) is 14.9. The van der Waals surface area contributed by atoms with Crippen molar-refractivity contribution in [1.82, 2.24) is 0 Å². The first-order valence-corrected chi connectivity index (χ1v) is 6.31. The van der Waals surface area contributed by atoms with Crippen molar-refractivity contribution < 1.29 is 29.2 Å². The topological polar surface area (TPSA) is 85.2 Å². The minimum atomic E-state index is -1.15. The minimum absolute atomic E-state index is 0.148. The van der Waals surface area contributed by atoms with E-state index in [4.69, 9.17) is 14.2 Å². The number of ether oxygens (including phenoxy) is 3. The second-order valence-corrected chi connectivity index (χ2v) is 4.72. The van der Waals surface area contributed by atoms with E-state index in [-0.39, 0.29) is 6.61 Å². The van der Waals surface area contributed by atoms with Crippen molar-refractivity contribution in [1.29, 1.82) is 0 Å². The van der Waals surface area contributed by atoms with Gasteiger partial charge in [0.25, 0.3) is 0 Å². The Hall–Kier alpha value is -1.47. The largest absolute Gasteiger partial charge is 0.459 e. The number of hydrogen-bond donors (Lipinski definition) is 2. The first-order chi connectivity index (χ1) is 9.52. The maximum Gasteiger partial charge on any atom is 0.338 e. The van der Waals surface area contributed by atoms with Gasteiger partial charge in [-0.25, -0.2) is 4.79 Å². The number of aryl methyl sites for hydroxylation is 1. The Labute approximate surface area is 116 Å². The summed E-state index contributed by atoms with van der Waals surface area (Å²) in [4.78, 5) is 11.8. The zero-order chi connectivity index (χ0) is 14.7. The molecule has 0 aliphatic carbocycles. The third-order valence-electron chi connectivity index (χ3n) is 3.22. The van der Waals surface area contributed by atoms with Crippen LogP contribution in [0.1, 0.15) is 15.9 Å². The number of benzene rings is 1. The number of carbonyl (C=O) groups excluding carboxylic acids is 1. The van der Waals surface area contributed by atoms with Gasteiger partial charge in [0.1, 0.15) is 24.9 Å². The molecule has 20 heavy (non-hydrogen) atoms. The van der Waals surface area contributed by atoms with Crippen LogP contribution in [0.2, 0.25) is 0 Å². The number of aliphatic hydroxyl groups is 2. The Morgan fingerprint density at radius 2 is 1.90 bits per heavy atom. The molecule has 2 N–H and O–H groups in total. The molecule has 1 aromatic rings. The van der Waals surface area contributed by atoms with E-state index in [1.807, 2.05) is 19.1 Å². The molecule has 0 radical (unpaired) electrons. The van der Waals surface area contributed by atoms with Gasteiger partial charge in [0, 0.05) is 7.11 Å². The molecular formula is C14H18O6. The van der Waals surface area contributed by atoms with E-state index in [9.17, 15) is 15.0 Å². The zero-order valence-corrected chi connectivity index (χ0v) is 11.4. The quantitative estimate of drug-likeness (QED) is 0.770. The average molecular weight is 282 g/mol. The van der Waals surface area contributed by atoms with E-state index < -0.39 is 30.6 Å². The van der Waals surface area contributed by atoms with Crippen LogP contribution in [0.5, 0.6) is 0 Å². The summed E-state index contributed by atoms with van der Waals surface area (Å²) in [6.07, 6.45) is -4.01. The second kappa shape index (κ2) is 6.32. The number of rotatable bonds is 4. The third kappa shape index (κ3) is 3.16. The van der Waals surface area contributed by atoms with Crippen molar-refractivity contribution in [3.63, 3.8) is 0 Å². The molecule has 0 amide bonds. The van der Waals surface area contributed by atoms with Crippen LogP contribution >= 0.6 is 0 Å². The van der Waals surface area contributed by atoms with Crippen molar-refractivity contribution in [2.75, 3.05) is 13.7 Å². The summed E-state index contributed by atoms with van der Waals surface area (Å²) >= 11 is 0. The maximum absolute atomic E-state index is 11.8. The maximum atomic E-state index is 11.8. The fourth-order valence-electron chi connectivity index (χ4n) is 1.98. The Kier molecular flexibility index (Phi) is 4.72. The summed E-state index contributed by atoms with van der Waals surface area (Å²) in [5.74, 6) is -0.504. The summed E-state index contributed by atoms with van der Waals surface area (Å²) in [7, 11) is 1.36. The SMILES string of the molecule is CO[C@@H]1O[C@H](COC(=O)c2ccc(C)cc2)[C@H](O)[C@H]1O. The van der Waals surface area contributed by atoms with Crippen molar-refractivity contribution in [3.8, 4) is 0 Å². The van der Waals surface area contributed by atoms with Gasteiger partial charge < -0.3 is 24.4 Å². The second-order valence-electron chi connectivity index (χ2n) is 4.72. The molecule has 4 atom stereocenters. The van der Waals surface area contributed by atoms with E-state index >= 15 is 0 Å². The van der Waals surface area contributed by atoms with Gasteiger partial charge in [0.2, 0.25) is 0 Å². The number of methoxy groups -OCH3 is 1. The third-order valence-corrected chi connectivity index (χ3v) is 3.22. The normalized spacial score (nSPS) is 29.4. The number of hydrogen-bond acceptors (Lipinski definition) is 6. The molecule has 6 heteroatoms. The van der Waals surface area contributed by atoms with Gasteiger partial charge in [-0.1, -0.05) is 17.7 Å². The highest BCUT2D eigenvalue weighted by molar-refractivity contribution is 5.89. The molecule has 1 heterocycles. The van der Waals surface area contributed by atoms with Crippen LogP contribution in [0.25, 0.3) is 0 Å². The van der Waals surface area contributed by atoms with Crippen LogP contribution in [0.15, 0.2) is 24.3 Å². The summed E-state index contributed by atoms with van der Waals surface area (Å²) < 4.78 is 15.2. The molecule has 0 bridgehead atoms. The predicted octanol–water partition coefficient (Wildman–Crippen LogP) is 0.245. The van der Waals surface area contributed by atoms with E-state index in [0.29, 0.717) is 5.56 Å². The molecule has 1 aromatic carbocycles. The number of aliphatic hydroxyl groups excluding tert-OH is 2. The Morgan fingerprint density at radius 1 is 1.25 bits per heavy atom. The fraction of sp³-hybridized carbons (Fsp3) is 0.500. The van der Waals surface area contributed by atoms with Crippen LogP contribution in [-0.4, -0.2) is 54.5 Å². The molecule has 110 valence electrons. The molecule has 2 rings (SSSR count). The zero-order valence-electron chi connectivity index (χ0n) is 11.4. The van der Waals surface area contributed by atoms with Gasteiger partial charge in [0.05, 0.1) is 5.56 Å². The lowest BCUT2D eigenvalue weighted by Crippen LogP contribution is -2.35. The summed E-state index contributed by atoms with van der Waals surface area (Å²) in [6, 6.07) is 6.94. The highest BCUT2D eigenvalue weighted by atomic mass is 16.7. The summed E-state index contributed by atoms with van der Waals surface area (Å²) in [6.45, 7) is 1.77. The van der Waals surface area contributed by atoms with Crippen molar-refractivity contribution in [2.24, 2.45) is 0 Å². The van der Waals surface area contributed by atoms with Crippen LogP contribution in [-0.2, 0) is 14.2 Å². The smallest absolute Gasteiger partial charge is 0.338 e. The molecule has 0 aromatic heterocycles. The highest BCUT2D eigenvalue weighted by Crippen LogP contribution is 2.22. The molecule has 1 aliphatic heterocycles. The van der Waals surface area contributed by atoms with Crippen LogP contribution in [0.4, 0.5) is 0 Å². The Balaban J connectivity index is 1.89. The Morgan fingerprint density at radius 3 is 2.45 bits per heavy atom. The molecule has 6 nitrogen and oxygen atoms in total. The molecule has 1 saturated heterocycles.